The Balaban J connectivity index is 2.84. The highest BCUT2D eigenvalue weighted by Crippen LogP contribution is 2.27. The highest BCUT2D eigenvalue weighted by atomic mass is 32.2. The lowest BCUT2D eigenvalue weighted by Crippen LogP contribution is -2.32. The van der Waals surface area contributed by atoms with Gasteiger partial charge in [-0.2, -0.15) is 0 Å². The molecule has 0 fully saturated rings. The van der Waals surface area contributed by atoms with Gasteiger partial charge in [0.25, 0.3) is 5.91 Å². The zero-order valence-electron chi connectivity index (χ0n) is 12.3. The van der Waals surface area contributed by atoms with Crippen molar-refractivity contribution >= 4 is 23.6 Å². The minimum atomic E-state index is -0.889. The first-order valence-corrected chi connectivity index (χ1v) is 7.35. The maximum atomic E-state index is 12.2. The smallest absolute Gasteiger partial charge is 0.316 e. The van der Waals surface area contributed by atoms with Crippen LogP contribution in [0, 0.1) is 5.41 Å². The Bertz CT molecular complexity index is 494. The van der Waals surface area contributed by atoms with E-state index in [0.717, 1.165) is 0 Å². The molecule has 0 aromatic heterocycles. The van der Waals surface area contributed by atoms with Gasteiger partial charge in [0.2, 0.25) is 0 Å². The van der Waals surface area contributed by atoms with E-state index in [4.69, 9.17) is 5.11 Å². The summed E-state index contributed by atoms with van der Waals surface area (Å²) in [5.41, 5.74) is 0.529. The molecule has 1 rings (SSSR count). The summed E-state index contributed by atoms with van der Waals surface area (Å²) in [4.78, 5) is 23.8. The second-order valence-electron chi connectivity index (χ2n) is 5.84. The lowest BCUT2D eigenvalue weighted by Gasteiger charge is -2.19. The summed E-state index contributed by atoms with van der Waals surface area (Å²) in [5.74, 6) is -1.06. The van der Waals surface area contributed by atoms with Crippen LogP contribution in [-0.4, -0.2) is 28.8 Å². The summed E-state index contributed by atoms with van der Waals surface area (Å²) in [7, 11) is 0. The number of benzene rings is 1. The molecular formula is C15H21NO3S. The molecule has 1 unspecified atom stereocenters. The van der Waals surface area contributed by atoms with Crippen molar-refractivity contribution in [1.82, 2.24) is 5.32 Å². The third-order valence-corrected chi connectivity index (χ3v) is 3.73. The molecule has 1 aromatic carbocycles. The molecule has 2 N–H and O–H groups in total. The van der Waals surface area contributed by atoms with Crippen LogP contribution < -0.4 is 5.32 Å². The number of carbonyl (C=O) groups is 2. The summed E-state index contributed by atoms with van der Waals surface area (Å²) in [6.07, 6.45) is 0. The van der Waals surface area contributed by atoms with E-state index in [-0.39, 0.29) is 11.3 Å². The van der Waals surface area contributed by atoms with E-state index in [1.54, 1.807) is 31.2 Å². The number of amides is 1. The fourth-order valence-electron chi connectivity index (χ4n) is 1.44. The maximum Gasteiger partial charge on any atom is 0.316 e. The molecule has 1 atom stereocenters. The minimum absolute atomic E-state index is 0.00605. The van der Waals surface area contributed by atoms with E-state index in [1.165, 1.54) is 11.8 Å². The maximum absolute atomic E-state index is 12.2. The van der Waals surface area contributed by atoms with E-state index in [9.17, 15) is 9.59 Å². The number of carboxylic acid groups (broad SMARTS) is 1. The predicted molar refractivity (Wildman–Crippen MR) is 81.2 cm³/mol. The Labute approximate surface area is 124 Å². The van der Waals surface area contributed by atoms with Crippen LogP contribution in [0.1, 0.15) is 38.1 Å². The highest BCUT2D eigenvalue weighted by molar-refractivity contribution is 8.00. The van der Waals surface area contributed by atoms with Crippen LogP contribution in [0.4, 0.5) is 0 Å². The Morgan fingerprint density at radius 1 is 1.30 bits per heavy atom. The molecule has 5 heteroatoms. The first-order valence-electron chi connectivity index (χ1n) is 6.47. The van der Waals surface area contributed by atoms with Crippen molar-refractivity contribution in [1.29, 1.82) is 0 Å². The van der Waals surface area contributed by atoms with Crippen molar-refractivity contribution in [2.75, 3.05) is 6.54 Å². The predicted octanol–water partition coefficient (Wildman–Crippen LogP) is 3.03. The largest absolute Gasteiger partial charge is 0.480 e. The molecule has 1 amide bonds. The molecule has 110 valence electrons. The molecular weight excluding hydrogens is 274 g/mol. The summed E-state index contributed by atoms with van der Waals surface area (Å²) in [5, 5.41) is 11.3. The molecule has 0 saturated heterocycles. The van der Waals surface area contributed by atoms with E-state index >= 15 is 0 Å². The summed E-state index contributed by atoms with van der Waals surface area (Å²) < 4.78 is 0. The van der Waals surface area contributed by atoms with Gasteiger partial charge in [-0.3, -0.25) is 9.59 Å². The van der Waals surface area contributed by atoms with Gasteiger partial charge in [-0.05, 0) is 24.5 Å². The normalized spacial score (nSPS) is 12.8. The van der Waals surface area contributed by atoms with Gasteiger partial charge in [-0.25, -0.2) is 0 Å². The topological polar surface area (TPSA) is 66.4 Å². The summed E-state index contributed by atoms with van der Waals surface area (Å²) >= 11 is 1.18. The molecule has 1 aromatic rings. The van der Waals surface area contributed by atoms with E-state index in [1.807, 2.05) is 20.8 Å². The van der Waals surface area contributed by atoms with Gasteiger partial charge in [0.05, 0.1) is 5.56 Å². The molecule has 0 bridgehead atoms. The second-order valence-corrected chi connectivity index (χ2v) is 7.22. The average molecular weight is 295 g/mol. The Morgan fingerprint density at radius 3 is 2.45 bits per heavy atom. The van der Waals surface area contributed by atoms with Gasteiger partial charge in [0.15, 0.2) is 0 Å². The van der Waals surface area contributed by atoms with Crippen molar-refractivity contribution in [3.63, 3.8) is 0 Å². The fraction of sp³-hybridized carbons (Fsp3) is 0.467. The minimum Gasteiger partial charge on any atom is -0.480 e. The van der Waals surface area contributed by atoms with Crippen molar-refractivity contribution in [3.8, 4) is 0 Å². The van der Waals surface area contributed by atoms with Crippen molar-refractivity contribution < 1.29 is 14.7 Å². The zero-order chi connectivity index (χ0) is 15.3. The first kappa shape index (κ1) is 16.6. The number of carboxylic acids is 1. The number of hydrogen-bond donors (Lipinski definition) is 2. The Hall–Kier alpha value is -1.49. The van der Waals surface area contributed by atoms with Gasteiger partial charge in [0, 0.05) is 11.4 Å². The lowest BCUT2D eigenvalue weighted by atomic mass is 9.97. The van der Waals surface area contributed by atoms with E-state index < -0.39 is 11.2 Å². The monoisotopic (exact) mass is 295 g/mol. The number of thioether (sulfide) groups is 1. The second kappa shape index (κ2) is 6.79. The van der Waals surface area contributed by atoms with E-state index in [0.29, 0.717) is 17.0 Å². The van der Waals surface area contributed by atoms with Gasteiger partial charge >= 0.3 is 5.97 Å². The molecule has 0 heterocycles. The molecule has 0 saturated carbocycles. The summed E-state index contributed by atoms with van der Waals surface area (Å²) in [6.45, 7) is 8.30. The SMILES string of the molecule is CC(Sc1ccccc1C(=O)NCC(C)(C)C)C(=O)O. The molecule has 4 nitrogen and oxygen atoms in total. The third kappa shape index (κ3) is 5.25. The Kier molecular flexibility index (Phi) is 5.62. The lowest BCUT2D eigenvalue weighted by molar-refractivity contribution is -0.136. The molecule has 0 aliphatic carbocycles. The quantitative estimate of drug-likeness (QED) is 0.819. The number of carbonyl (C=O) groups excluding carboxylic acids is 1. The highest BCUT2D eigenvalue weighted by Gasteiger charge is 2.19. The number of aliphatic carboxylic acids is 1. The van der Waals surface area contributed by atoms with Gasteiger partial charge in [0.1, 0.15) is 5.25 Å². The third-order valence-electron chi connectivity index (χ3n) is 2.56. The molecule has 0 radical (unpaired) electrons. The number of hydrogen-bond acceptors (Lipinski definition) is 3. The van der Waals surface area contributed by atoms with Crippen molar-refractivity contribution in [2.45, 2.75) is 37.8 Å². The molecule has 0 spiro atoms. The molecule has 0 aliphatic heterocycles. The van der Waals surface area contributed by atoms with Gasteiger partial charge in [-0.1, -0.05) is 32.9 Å². The van der Waals surface area contributed by atoms with Crippen LogP contribution in [0.5, 0.6) is 0 Å². The zero-order valence-corrected chi connectivity index (χ0v) is 13.1. The average Bonchev–Trinajstić information content (AvgIpc) is 2.35. The first-order chi connectivity index (χ1) is 9.20. The fourth-order valence-corrected chi connectivity index (χ4v) is 2.37. The number of nitrogens with one attached hydrogen (secondary N) is 1. The van der Waals surface area contributed by atoms with Crippen LogP contribution in [0.25, 0.3) is 0 Å². The number of rotatable bonds is 5. The molecule has 0 aliphatic rings. The van der Waals surface area contributed by atoms with Crippen molar-refractivity contribution in [3.05, 3.63) is 29.8 Å². The molecule has 20 heavy (non-hydrogen) atoms. The standard InChI is InChI=1S/C15H21NO3S/c1-10(14(18)19)20-12-8-6-5-7-11(12)13(17)16-9-15(2,3)4/h5-8,10H,9H2,1-4H3,(H,16,17)(H,18,19). The van der Waals surface area contributed by atoms with Gasteiger partial charge in [-0.15, -0.1) is 11.8 Å². The Morgan fingerprint density at radius 2 is 1.90 bits per heavy atom. The van der Waals surface area contributed by atoms with E-state index in [2.05, 4.69) is 5.32 Å². The van der Waals surface area contributed by atoms with Gasteiger partial charge < -0.3 is 10.4 Å². The van der Waals surface area contributed by atoms with Crippen LogP contribution in [0.2, 0.25) is 0 Å². The van der Waals surface area contributed by atoms with Crippen LogP contribution in [0.15, 0.2) is 29.2 Å². The van der Waals surface area contributed by atoms with Crippen LogP contribution in [0.3, 0.4) is 0 Å². The summed E-state index contributed by atoms with van der Waals surface area (Å²) in [6, 6.07) is 7.07. The van der Waals surface area contributed by atoms with Crippen LogP contribution in [-0.2, 0) is 4.79 Å². The van der Waals surface area contributed by atoms with Crippen LogP contribution >= 0.6 is 11.8 Å². The van der Waals surface area contributed by atoms with Crippen molar-refractivity contribution in [2.24, 2.45) is 5.41 Å².